The quantitative estimate of drug-likeness (QED) is 0.208. The van der Waals surface area contributed by atoms with Crippen molar-refractivity contribution in [3.8, 4) is 0 Å². The van der Waals surface area contributed by atoms with E-state index in [1.54, 1.807) is 12.4 Å². The van der Waals surface area contributed by atoms with Gasteiger partial charge in [0.2, 0.25) is 11.9 Å². The van der Waals surface area contributed by atoms with Gasteiger partial charge in [-0.25, -0.2) is 9.97 Å². The van der Waals surface area contributed by atoms with Gasteiger partial charge in [0.1, 0.15) is 0 Å². The van der Waals surface area contributed by atoms with Crippen LogP contribution in [0, 0.1) is 0 Å². The van der Waals surface area contributed by atoms with Crippen molar-refractivity contribution >= 4 is 34.6 Å². The van der Waals surface area contributed by atoms with Crippen molar-refractivity contribution in [3.05, 3.63) is 73.3 Å². The lowest BCUT2D eigenvalue weighted by Gasteiger charge is -2.09. The molecule has 2 aromatic heterocycles. The van der Waals surface area contributed by atoms with Gasteiger partial charge in [-0.3, -0.25) is 0 Å². The van der Waals surface area contributed by atoms with Crippen LogP contribution in [0.15, 0.2) is 93.8 Å². The van der Waals surface area contributed by atoms with Crippen molar-refractivity contribution < 1.29 is 4.74 Å². The van der Waals surface area contributed by atoms with E-state index in [1.165, 1.54) is 0 Å². The van der Waals surface area contributed by atoms with Crippen molar-refractivity contribution in [1.29, 1.82) is 0 Å². The number of aromatic nitrogens is 4. The van der Waals surface area contributed by atoms with E-state index in [1.807, 2.05) is 84.2 Å². The smallest absolute Gasteiger partial charge is 0.249 e. The predicted octanol–water partition coefficient (Wildman–Crippen LogP) is 5.53. The normalized spacial score (nSPS) is 11.5. The van der Waals surface area contributed by atoms with E-state index in [4.69, 9.17) is 4.74 Å². The van der Waals surface area contributed by atoms with Gasteiger partial charge in [-0.15, -0.1) is 20.5 Å². The maximum absolute atomic E-state index is 5.70. The second kappa shape index (κ2) is 12.2. The molecular formula is C24H28N10O. The summed E-state index contributed by atoms with van der Waals surface area (Å²) in [4.78, 5) is 8.24. The second-order valence-corrected chi connectivity index (χ2v) is 7.64. The summed E-state index contributed by atoms with van der Waals surface area (Å²) in [7, 11) is 3.76. The zero-order valence-electron chi connectivity index (χ0n) is 19.7. The molecule has 0 atom stereocenters. The molecule has 11 heteroatoms. The molecule has 35 heavy (non-hydrogen) atoms. The molecule has 0 aliphatic rings. The van der Waals surface area contributed by atoms with Crippen molar-refractivity contribution in [2.24, 2.45) is 34.6 Å². The minimum atomic E-state index is 0.568. The Bertz CT molecular complexity index is 1140. The minimum absolute atomic E-state index is 0.568. The maximum Gasteiger partial charge on any atom is 0.249 e. The topological polar surface area (TPSA) is 118 Å². The monoisotopic (exact) mass is 472 g/mol. The standard InChI is InChI=1S/C24H28N10O/c1-33-15-11-27-23(33)31-29-21-7-3-19(4-8-21)25-13-17-35-18-14-26-20-5-9-22(10-6-20)30-32-24-28-12-16-34(24)2/h3-12,15-16,25-26H,13-14,17-18H2,1-2H3. The van der Waals surface area contributed by atoms with Gasteiger partial charge in [-0.1, -0.05) is 0 Å². The van der Waals surface area contributed by atoms with Gasteiger partial charge in [0.05, 0.1) is 24.6 Å². The van der Waals surface area contributed by atoms with Crippen LogP contribution in [0.25, 0.3) is 0 Å². The third kappa shape index (κ3) is 7.30. The van der Waals surface area contributed by atoms with Gasteiger partial charge in [0, 0.05) is 63.3 Å². The highest BCUT2D eigenvalue weighted by molar-refractivity contribution is 5.51. The average Bonchev–Trinajstić information content (AvgIpc) is 3.49. The fourth-order valence-electron chi connectivity index (χ4n) is 3.04. The van der Waals surface area contributed by atoms with Crippen molar-refractivity contribution in [1.82, 2.24) is 19.1 Å². The second-order valence-electron chi connectivity index (χ2n) is 7.64. The molecule has 180 valence electrons. The molecule has 0 unspecified atom stereocenters. The first-order chi connectivity index (χ1) is 17.2. The van der Waals surface area contributed by atoms with Crippen LogP contribution in [0.2, 0.25) is 0 Å². The third-order valence-corrected chi connectivity index (χ3v) is 4.99. The highest BCUT2D eigenvalue weighted by atomic mass is 16.5. The van der Waals surface area contributed by atoms with Crippen LogP contribution >= 0.6 is 0 Å². The molecule has 0 saturated heterocycles. The Balaban J connectivity index is 1.09. The van der Waals surface area contributed by atoms with Gasteiger partial charge in [0.25, 0.3) is 0 Å². The summed E-state index contributed by atoms with van der Waals surface area (Å²) in [6.07, 6.45) is 7.04. The Hall–Kier alpha value is -4.38. The zero-order chi connectivity index (χ0) is 24.3. The number of imidazole rings is 2. The van der Waals surface area contributed by atoms with E-state index >= 15 is 0 Å². The number of rotatable bonds is 12. The zero-order valence-corrected chi connectivity index (χ0v) is 19.7. The number of nitrogens with zero attached hydrogens (tertiary/aromatic N) is 8. The van der Waals surface area contributed by atoms with Crippen LogP contribution in [0.4, 0.5) is 34.6 Å². The molecule has 11 nitrogen and oxygen atoms in total. The minimum Gasteiger partial charge on any atom is -0.383 e. The number of azo groups is 2. The van der Waals surface area contributed by atoms with E-state index in [2.05, 4.69) is 41.1 Å². The van der Waals surface area contributed by atoms with Crippen LogP contribution in [0.1, 0.15) is 0 Å². The first kappa shape index (κ1) is 23.8. The first-order valence-electron chi connectivity index (χ1n) is 11.2. The first-order valence-corrected chi connectivity index (χ1v) is 11.2. The maximum atomic E-state index is 5.70. The third-order valence-electron chi connectivity index (χ3n) is 4.99. The summed E-state index contributed by atoms with van der Waals surface area (Å²) in [6.45, 7) is 2.64. The number of ether oxygens (including phenoxy) is 1. The van der Waals surface area contributed by atoms with Gasteiger partial charge in [-0.05, 0) is 48.5 Å². The number of aryl methyl sites for hydroxylation is 2. The van der Waals surface area contributed by atoms with Crippen molar-refractivity contribution in [3.63, 3.8) is 0 Å². The van der Waals surface area contributed by atoms with Gasteiger partial charge >= 0.3 is 0 Å². The number of nitrogens with one attached hydrogen (secondary N) is 2. The van der Waals surface area contributed by atoms with Gasteiger partial charge in [0.15, 0.2) is 0 Å². The van der Waals surface area contributed by atoms with E-state index in [0.29, 0.717) is 38.2 Å². The van der Waals surface area contributed by atoms with Crippen LogP contribution in [0.3, 0.4) is 0 Å². The van der Waals surface area contributed by atoms with E-state index in [9.17, 15) is 0 Å². The molecule has 2 aromatic carbocycles. The summed E-state index contributed by atoms with van der Waals surface area (Å²) in [6, 6.07) is 15.5. The predicted molar refractivity (Wildman–Crippen MR) is 135 cm³/mol. The Morgan fingerprint density at radius 2 is 1.09 bits per heavy atom. The van der Waals surface area contributed by atoms with E-state index in [0.717, 1.165) is 22.7 Å². The molecule has 0 bridgehead atoms. The Morgan fingerprint density at radius 3 is 1.46 bits per heavy atom. The molecule has 0 amide bonds. The lowest BCUT2D eigenvalue weighted by molar-refractivity contribution is 0.154. The summed E-state index contributed by atoms with van der Waals surface area (Å²) in [5.74, 6) is 1.14. The van der Waals surface area contributed by atoms with Crippen molar-refractivity contribution in [2.75, 3.05) is 36.9 Å². The van der Waals surface area contributed by atoms with Crippen LogP contribution in [-0.2, 0) is 18.8 Å². The van der Waals surface area contributed by atoms with E-state index in [-0.39, 0.29) is 0 Å². The number of hydrogen-bond donors (Lipinski definition) is 2. The summed E-state index contributed by atoms with van der Waals surface area (Å²) in [5, 5.41) is 23.3. The molecule has 2 heterocycles. The summed E-state index contributed by atoms with van der Waals surface area (Å²) in [5.41, 5.74) is 3.54. The molecule has 0 radical (unpaired) electrons. The number of anilines is 2. The lowest BCUT2D eigenvalue weighted by atomic mass is 10.3. The van der Waals surface area contributed by atoms with Gasteiger partial charge < -0.3 is 24.5 Å². The molecule has 2 N–H and O–H groups in total. The lowest BCUT2D eigenvalue weighted by Crippen LogP contribution is -2.14. The molecule has 0 aliphatic heterocycles. The SMILES string of the molecule is Cn1ccnc1N=Nc1ccc(NCCOCCNc2ccc(N=Nc3nccn3C)cc2)cc1. The van der Waals surface area contributed by atoms with Crippen LogP contribution < -0.4 is 10.6 Å². The molecule has 0 aliphatic carbocycles. The number of benzene rings is 2. The highest BCUT2D eigenvalue weighted by Gasteiger charge is 1.99. The molecule has 4 rings (SSSR count). The molecule has 4 aromatic rings. The summed E-state index contributed by atoms with van der Waals surface area (Å²) >= 11 is 0. The number of hydrogen-bond acceptors (Lipinski definition) is 9. The largest absolute Gasteiger partial charge is 0.383 e. The molecule has 0 saturated carbocycles. The summed E-state index contributed by atoms with van der Waals surface area (Å²) < 4.78 is 9.31. The van der Waals surface area contributed by atoms with E-state index < -0.39 is 0 Å². The Labute approximate surface area is 203 Å². The fraction of sp³-hybridized carbons (Fsp3) is 0.250. The molecular weight excluding hydrogens is 444 g/mol. The Morgan fingerprint density at radius 1 is 0.657 bits per heavy atom. The van der Waals surface area contributed by atoms with Crippen molar-refractivity contribution in [2.45, 2.75) is 0 Å². The fourth-order valence-corrected chi connectivity index (χ4v) is 3.04. The highest BCUT2D eigenvalue weighted by Crippen LogP contribution is 2.20. The van der Waals surface area contributed by atoms with Crippen LogP contribution in [0.5, 0.6) is 0 Å². The average molecular weight is 473 g/mol. The Kier molecular flexibility index (Phi) is 8.28. The molecule has 0 spiro atoms. The van der Waals surface area contributed by atoms with Gasteiger partial charge in [-0.2, -0.15) is 0 Å². The van der Waals surface area contributed by atoms with Crippen LogP contribution in [-0.4, -0.2) is 45.4 Å². The molecule has 0 fully saturated rings.